The highest BCUT2D eigenvalue weighted by atomic mass is 16.3. The topological polar surface area (TPSA) is 54.2 Å². The molecular formula is C14H24N4O. The van der Waals surface area contributed by atoms with Crippen LogP contribution in [0.25, 0.3) is 0 Å². The van der Waals surface area contributed by atoms with Gasteiger partial charge in [0.2, 0.25) is 0 Å². The fourth-order valence-corrected chi connectivity index (χ4v) is 3.39. The molecule has 0 aromatic carbocycles. The molecule has 2 unspecified atom stereocenters. The number of hydrogen-bond acceptors (Lipinski definition) is 4. The molecule has 1 aromatic rings. The molecule has 1 N–H and O–H groups in total. The first-order valence-electron chi connectivity index (χ1n) is 7.57. The maximum Gasteiger partial charge on any atom is 0.135 e. The van der Waals surface area contributed by atoms with E-state index in [9.17, 15) is 5.11 Å². The van der Waals surface area contributed by atoms with E-state index in [1.54, 1.807) is 0 Å². The van der Waals surface area contributed by atoms with Crippen LogP contribution in [0.3, 0.4) is 0 Å². The predicted molar refractivity (Wildman–Crippen MR) is 72.9 cm³/mol. The molecule has 5 heteroatoms. The van der Waals surface area contributed by atoms with E-state index >= 15 is 0 Å². The summed E-state index contributed by atoms with van der Waals surface area (Å²) in [5.41, 5.74) is 0. The van der Waals surface area contributed by atoms with E-state index in [1.165, 1.54) is 25.9 Å². The highest BCUT2D eigenvalue weighted by Gasteiger charge is 2.25. The zero-order valence-corrected chi connectivity index (χ0v) is 11.8. The smallest absolute Gasteiger partial charge is 0.135 e. The number of hydrogen-bond donors (Lipinski definition) is 1. The van der Waals surface area contributed by atoms with Gasteiger partial charge in [0.25, 0.3) is 0 Å². The minimum atomic E-state index is -0.227. The predicted octanol–water partition coefficient (Wildman–Crippen LogP) is 0.860. The maximum absolute atomic E-state index is 9.67. The Morgan fingerprint density at radius 2 is 2.16 bits per heavy atom. The Kier molecular flexibility index (Phi) is 3.84. The van der Waals surface area contributed by atoms with E-state index in [1.807, 2.05) is 0 Å². The van der Waals surface area contributed by atoms with E-state index in [-0.39, 0.29) is 6.10 Å². The van der Waals surface area contributed by atoms with Gasteiger partial charge < -0.3 is 14.6 Å². The lowest BCUT2D eigenvalue weighted by atomic mass is 9.94. The molecule has 19 heavy (non-hydrogen) atoms. The summed E-state index contributed by atoms with van der Waals surface area (Å²) < 4.78 is 2.23. The van der Waals surface area contributed by atoms with Crippen molar-refractivity contribution >= 4 is 0 Å². The third kappa shape index (κ3) is 2.82. The molecule has 2 atom stereocenters. The van der Waals surface area contributed by atoms with E-state index < -0.39 is 0 Å². The van der Waals surface area contributed by atoms with Crippen LogP contribution in [-0.2, 0) is 19.4 Å². The summed E-state index contributed by atoms with van der Waals surface area (Å²) in [5.74, 6) is 2.82. The third-order valence-corrected chi connectivity index (χ3v) is 4.53. The molecule has 5 nitrogen and oxygen atoms in total. The molecule has 2 aliphatic rings. The molecule has 0 amide bonds. The monoisotopic (exact) mass is 264 g/mol. The van der Waals surface area contributed by atoms with E-state index in [2.05, 4.69) is 26.6 Å². The van der Waals surface area contributed by atoms with E-state index in [4.69, 9.17) is 0 Å². The van der Waals surface area contributed by atoms with E-state index in [0.717, 1.165) is 37.6 Å². The first-order valence-corrected chi connectivity index (χ1v) is 7.57. The average Bonchev–Trinajstić information content (AvgIpc) is 2.81. The Morgan fingerprint density at radius 3 is 3.00 bits per heavy atom. The van der Waals surface area contributed by atoms with Crippen molar-refractivity contribution in [2.75, 3.05) is 19.6 Å². The maximum atomic E-state index is 9.67. The van der Waals surface area contributed by atoms with Crippen molar-refractivity contribution in [1.82, 2.24) is 19.7 Å². The summed E-state index contributed by atoms with van der Waals surface area (Å²) >= 11 is 0. The Hall–Kier alpha value is -0.940. The number of aromatic nitrogens is 3. The molecule has 106 valence electrons. The van der Waals surface area contributed by atoms with Crippen molar-refractivity contribution in [2.45, 2.75) is 51.7 Å². The number of fused-ring (bicyclic) bond motifs is 1. The second-order valence-electron chi connectivity index (χ2n) is 5.94. The SMILES string of the molecule is CCN1CCCC(Cc2nnc3n2CCC(O)C3)C1. The first-order chi connectivity index (χ1) is 9.26. The third-order valence-electron chi connectivity index (χ3n) is 4.53. The Balaban J connectivity index is 1.67. The van der Waals surface area contributed by atoms with Crippen LogP contribution >= 0.6 is 0 Å². The van der Waals surface area contributed by atoms with Crippen molar-refractivity contribution in [3.63, 3.8) is 0 Å². The van der Waals surface area contributed by atoms with Gasteiger partial charge in [0.15, 0.2) is 0 Å². The summed E-state index contributed by atoms with van der Waals surface area (Å²) in [6, 6.07) is 0. The van der Waals surface area contributed by atoms with Gasteiger partial charge in [0.05, 0.1) is 6.10 Å². The summed E-state index contributed by atoms with van der Waals surface area (Å²) in [5, 5.41) is 18.3. The number of nitrogens with zero attached hydrogens (tertiary/aromatic N) is 4. The van der Waals surface area contributed by atoms with Crippen LogP contribution < -0.4 is 0 Å². The molecule has 1 aromatic heterocycles. The van der Waals surface area contributed by atoms with Gasteiger partial charge >= 0.3 is 0 Å². The van der Waals surface area contributed by atoms with Crippen LogP contribution in [-0.4, -0.2) is 50.5 Å². The van der Waals surface area contributed by atoms with Gasteiger partial charge in [-0.25, -0.2) is 0 Å². The number of aliphatic hydroxyl groups is 1. The molecule has 0 bridgehead atoms. The summed E-state index contributed by atoms with van der Waals surface area (Å²) in [4.78, 5) is 2.53. The fraction of sp³-hybridized carbons (Fsp3) is 0.857. The van der Waals surface area contributed by atoms with Gasteiger partial charge in [0, 0.05) is 25.9 Å². The highest BCUT2D eigenvalue weighted by Crippen LogP contribution is 2.22. The normalized spacial score (nSPS) is 28.3. The quantitative estimate of drug-likeness (QED) is 0.880. The van der Waals surface area contributed by atoms with Crippen LogP contribution in [0.1, 0.15) is 37.8 Å². The molecular weight excluding hydrogens is 240 g/mol. The van der Waals surface area contributed by atoms with Crippen LogP contribution in [0.4, 0.5) is 0 Å². The highest BCUT2D eigenvalue weighted by molar-refractivity contribution is 5.02. The zero-order chi connectivity index (χ0) is 13.2. The van der Waals surface area contributed by atoms with Gasteiger partial charge in [-0.1, -0.05) is 6.92 Å². The van der Waals surface area contributed by atoms with Gasteiger partial charge in [0.1, 0.15) is 11.6 Å². The number of likely N-dealkylation sites (tertiary alicyclic amines) is 1. The molecule has 1 fully saturated rings. The van der Waals surface area contributed by atoms with Gasteiger partial charge in [-0.15, -0.1) is 10.2 Å². The second kappa shape index (κ2) is 5.59. The summed E-state index contributed by atoms with van der Waals surface area (Å²) in [6.45, 7) is 6.71. The lowest BCUT2D eigenvalue weighted by Gasteiger charge is -2.31. The molecule has 1 saturated heterocycles. The molecule has 0 spiro atoms. The lowest BCUT2D eigenvalue weighted by Crippen LogP contribution is -2.36. The van der Waals surface area contributed by atoms with Gasteiger partial charge in [-0.05, 0) is 38.3 Å². The van der Waals surface area contributed by atoms with Gasteiger partial charge in [-0.3, -0.25) is 0 Å². The standard InChI is InChI=1S/C14H24N4O/c1-2-17-6-3-4-11(10-17)8-13-15-16-14-9-12(19)5-7-18(13)14/h11-12,19H,2-10H2,1H3. The van der Waals surface area contributed by atoms with Crippen molar-refractivity contribution in [2.24, 2.45) is 5.92 Å². The molecule has 3 heterocycles. The Bertz CT molecular complexity index is 431. The number of aliphatic hydroxyl groups excluding tert-OH is 1. The number of rotatable bonds is 3. The van der Waals surface area contributed by atoms with Crippen LogP contribution in [0.2, 0.25) is 0 Å². The molecule has 0 aliphatic carbocycles. The fourth-order valence-electron chi connectivity index (χ4n) is 3.39. The van der Waals surface area contributed by atoms with Crippen LogP contribution in [0.5, 0.6) is 0 Å². The molecule has 2 aliphatic heterocycles. The summed E-state index contributed by atoms with van der Waals surface area (Å²) in [7, 11) is 0. The number of piperidine rings is 1. The van der Waals surface area contributed by atoms with Gasteiger partial charge in [-0.2, -0.15) is 0 Å². The van der Waals surface area contributed by atoms with Crippen molar-refractivity contribution in [1.29, 1.82) is 0 Å². The van der Waals surface area contributed by atoms with Crippen molar-refractivity contribution < 1.29 is 5.11 Å². The molecule has 3 rings (SSSR count). The molecule has 0 radical (unpaired) electrons. The summed E-state index contributed by atoms with van der Waals surface area (Å²) in [6.07, 6.45) is 4.93. The molecule has 0 saturated carbocycles. The van der Waals surface area contributed by atoms with Crippen LogP contribution in [0.15, 0.2) is 0 Å². The first kappa shape index (κ1) is 13.1. The van der Waals surface area contributed by atoms with Crippen molar-refractivity contribution in [3.05, 3.63) is 11.6 Å². The zero-order valence-electron chi connectivity index (χ0n) is 11.8. The minimum Gasteiger partial charge on any atom is -0.393 e. The average molecular weight is 264 g/mol. The van der Waals surface area contributed by atoms with Crippen LogP contribution in [0, 0.1) is 5.92 Å². The minimum absolute atomic E-state index is 0.227. The Labute approximate surface area is 114 Å². The largest absolute Gasteiger partial charge is 0.393 e. The van der Waals surface area contributed by atoms with Crippen molar-refractivity contribution in [3.8, 4) is 0 Å². The lowest BCUT2D eigenvalue weighted by molar-refractivity contribution is 0.140. The van der Waals surface area contributed by atoms with E-state index in [0.29, 0.717) is 12.3 Å². The Morgan fingerprint density at radius 1 is 1.26 bits per heavy atom. The second-order valence-corrected chi connectivity index (χ2v) is 5.94.